The summed E-state index contributed by atoms with van der Waals surface area (Å²) < 4.78 is 4.65. The topological polar surface area (TPSA) is 64.1 Å². The third kappa shape index (κ3) is 3.91. The molecule has 1 aliphatic rings. The maximum atomic E-state index is 11.4. The Kier molecular flexibility index (Phi) is 4.71. The molecule has 5 nitrogen and oxygen atoms in total. The predicted octanol–water partition coefficient (Wildman–Crippen LogP) is 2.64. The second-order valence-electron chi connectivity index (χ2n) is 5.24. The molecule has 1 aliphatic carbocycles. The summed E-state index contributed by atoms with van der Waals surface area (Å²) >= 11 is 0. The van der Waals surface area contributed by atoms with Gasteiger partial charge in [-0.15, -0.1) is 0 Å². The molecule has 2 unspecified atom stereocenters. The van der Waals surface area contributed by atoms with Crippen LogP contribution in [0.1, 0.15) is 49.5 Å². The Bertz CT molecular complexity index is 436. The van der Waals surface area contributed by atoms with Crippen molar-refractivity contribution in [2.24, 2.45) is 5.92 Å². The number of aromatic nitrogens is 2. The summed E-state index contributed by atoms with van der Waals surface area (Å²) in [5.74, 6) is 1.01. The fourth-order valence-corrected chi connectivity index (χ4v) is 2.48. The minimum atomic E-state index is -0.453. The zero-order valence-electron chi connectivity index (χ0n) is 11.6. The first-order valence-corrected chi connectivity index (χ1v) is 6.86. The molecule has 1 saturated carbocycles. The number of ether oxygens (including phenoxy) is 1. The Balaban J connectivity index is 2.00. The highest BCUT2D eigenvalue weighted by atomic mass is 16.5. The molecule has 19 heavy (non-hydrogen) atoms. The standard InChI is InChI=1S/C14H21N3O2/c1-10-4-3-5-11(7-6-10)16-13-9-15-8-12(17-13)14(18)19-2/h8-11H,3-7H2,1-2H3,(H,16,17). The van der Waals surface area contributed by atoms with Crippen LogP contribution in [0.5, 0.6) is 0 Å². The van der Waals surface area contributed by atoms with E-state index in [4.69, 9.17) is 0 Å². The molecule has 1 heterocycles. The average molecular weight is 263 g/mol. The van der Waals surface area contributed by atoms with Crippen LogP contribution in [-0.2, 0) is 4.74 Å². The van der Waals surface area contributed by atoms with Gasteiger partial charge in [-0.1, -0.05) is 19.8 Å². The van der Waals surface area contributed by atoms with E-state index in [9.17, 15) is 4.79 Å². The molecule has 0 aromatic carbocycles. The van der Waals surface area contributed by atoms with E-state index in [1.165, 1.54) is 32.6 Å². The molecule has 1 aromatic rings. The third-order valence-corrected chi connectivity index (χ3v) is 3.64. The summed E-state index contributed by atoms with van der Waals surface area (Å²) in [4.78, 5) is 19.7. The summed E-state index contributed by atoms with van der Waals surface area (Å²) in [5, 5.41) is 3.38. The minimum Gasteiger partial charge on any atom is -0.464 e. The van der Waals surface area contributed by atoms with Crippen molar-refractivity contribution in [2.75, 3.05) is 12.4 Å². The van der Waals surface area contributed by atoms with Gasteiger partial charge in [0.15, 0.2) is 5.69 Å². The van der Waals surface area contributed by atoms with Crippen LogP contribution in [0.15, 0.2) is 12.4 Å². The van der Waals surface area contributed by atoms with Crippen molar-refractivity contribution in [3.05, 3.63) is 18.1 Å². The Morgan fingerprint density at radius 1 is 1.32 bits per heavy atom. The third-order valence-electron chi connectivity index (χ3n) is 3.64. The van der Waals surface area contributed by atoms with E-state index in [1.807, 2.05) is 0 Å². The van der Waals surface area contributed by atoms with Crippen molar-refractivity contribution < 1.29 is 9.53 Å². The molecule has 0 aliphatic heterocycles. The molecule has 1 N–H and O–H groups in total. The van der Waals surface area contributed by atoms with E-state index in [1.54, 1.807) is 6.20 Å². The highest BCUT2D eigenvalue weighted by Crippen LogP contribution is 2.24. The van der Waals surface area contributed by atoms with Crippen LogP contribution < -0.4 is 5.32 Å². The van der Waals surface area contributed by atoms with Gasteiger partial charge in [0.1, 0.15) is 5.82 Å². The van der Waals surface area contributed by atoms with Gasteiger partial charge < -0.3 is 10.1 Å². The Morgan fingerprint density at radius 2 is 2.16 bits per heavy atom. The van der Waals surface area contributed by atoms with E-state index < -0.39 is 5.97 Å². The van der Waals surface area contributed by atoms with E-state index in [0.29, 0.717) is 11.9 Å². The van der Waals surface area contributed by atoms with Crippen molar-refractivity contribution in [1.29, 1.82) is 0 Å². The van der Waals surface area contributed by atoms with E-state index in [-0.39, 0.29) is 5.69 Å². The largest absolute Gasteiger partial charge is 0.464 e. The number of hydrogen-bond donors (Lipinski definition) is 1. The molecule has 0 saturated heterocycles. The summed E-state index contributed by atoms with van der Waals surface area (Å²) in [5.41, 5.74) is 0.245. The monoisotopic (exact) mass is 263 g/mol. The van der Waals surface area contributed by atoms with Crippen LogP contribution in [0, 0.1) is 5.92 Å². The van der Waals surface area contributed by atoms with Crippen LogP contribution in [-0.4, -0.2) is 29.1 Å². The van der Waals surface area contributed by atoms with Crippen LogP contribution in [0.3, 0.4) is 0 Å². The maximum absolute atomic E-state index is 11.4. The molecule has 104 valence electrons. The fourth-order valence-electron chi connectivity index (χ4n) is 2.48. The number of esters is 1. The summed E-state index contributed by atoms with van der Waals surface area (Å²) in [6.45, 7) is 2.31. The van der Waals surface area contributed by atoms with Crippen LogP contribution in [0.2, 0.25) is 0 Å². The normalized spacial score (nSPS) is 23.5. The number of anilines is 1. The number of hydrogen-bond acceptors (Lipinski definition) is 5. The van der Waals surface area contributed by atoms with Crippen molar-refractivity contribution in [3.8, 4) is 0 Å². The number of carbonyl (C=O) groups excluding carboxylic acids is 1. The van der Waals surface area contributed by atoms with Gasteiger partial charge in [-0.25, -0.2) is 9.78 Å². The summed E-state index contributed by atoms with van der Waals surface area (Å²) in [6, 6.07) is 0.423. The van der Waals surface area contributed by atoms with E-state index in [2.05, 4.69) is 26.9 Å². The predicted molar refractivity (Wildman–Crippen MR) is 73.0 cm³/mol. The quantitative estimate of drug-likeness (QED) is 0.671. The molecule has 5 heteroatoms. The lowest BCUT2D eigenvalue weighted by Gasteiger charge is -2.16. The fraction of sp³-hybridized carbons (Fsp3) is 0.643. The minimum absolute atomic E-state index is 0.245. The second-order valence-corrected chi connectivity index (χ2v) is 5.24. The first-order chi connectivity index (χ1) is 9.19. The number of nitrogens with zero attached hydrogens (tertiary/aromatic N) is 2. The molecule has 1 aromatic heterocycles. The Hall–Kier alpha value is -1.65. The lowest BCUT2D eigenvalue weighted by atomic mass is 10.0. The second kappa shape index (κ2) is 6.50. The lowest BCUT2D eigenvalue weighted by molar-refractivity contribution is 0.0593. The molecule has 2 atom stereocenters. The van der Waals surface area contributed by atoms with Crippen LogP contribution in [0.25, 0.3) is 0 Å². The molecular weight excluding hydrogens is 242 g/mol. The van der Waals surface area contributed by atoms with Crippen molar-refractivity contribution in [1.82, 2.24) is 9.97 Å². The average Bonchev–Trinajstić information content (AvgIpc) is 2.63. The summed E-state index contributed by atoms with van der Waals surface area (Å²) in [6.07, 6.45) is 9.14. The van der Waals surface area contributed by atoms with Crippen LogP contribution >= 0.6 is 0 Å². The van der Waals surface area contributed by atoms with Gasteiger partial charge in [0.05, 0.1) is 19.5 Å². The molecule has 2 rings (SSSR count). The highest BCUT2D eigenvalue weighted by molar-refractivity contribution is 5.87. The van der Waals surface area contributed by atoms with Gasteiger partial charge in [-0.3, -0.25) is 4.98 Å². The molecule has 0 spiro atoms. The van der Waals surface area contributed by atoms with Gasteiger partial charge in [-0.05, 0) is 25.2 Å². The van der Waals surface area contributed by atoms with Crippen molar-refractivity contribution in [3.63, 3.8) is 0 Å². The first kappa shape index (κ1) is 13.8. The zero-order chi connectivity index (χ0) is 13.7. The van der Waals surface area contributed by atoms with Gasteiger partial charge >= 0.3 is 5.97 Å². The highest BCUT2D eigenvalue weighted by Gasteiger charge is 2.17. The maximum Gasteiger partial charge on any atom is 0.358 e. The lowest BCUT2D eigenvalue weighted by Crippen LogP contribution is -2.20. The molecule has 0 amide bonds. The number of methoxy groups -OCH3 is 1. The molecular formula is C14H21N3O2. The SMILES string of the molecule is COC(=O)c1cncc(NC2CCCC(C)CC2)n1. The van der Waals surface area contributed by atoms with Crippen molar-refractivity contribution >= 4 is 11.8 Å². The molecule has 1 fully saturated rings. The van der Waals surface area contributed by atoms with Gasteiger partial charge in [0.2, 0.25) is 0 Å². The molecule has 0 radical (unpaired) electrons. The van der Waals surface area contributed by atoms with Gasteiger partial charge in [0.25, 0.3) is 0 Å². The smallest absolute Gasteiger partial charge is 0.358 e. The first-order valence-electron chi connectivity index (χ1n) is 6.86. The zero-order valence-corrected chi connectivity index (χ0v) is 11.6. The van der Waals surface area contributed by atoms with E-state index in [0.717, 1.165) is 18.8 Å². The van der Waals surface area contributed by atoms with Gasteiger partial charge in [0, 0.05) is 6.04 Å². The number of carbonyl (C=O) groups is 1. The Morgan fingerprint density at radius 3 is 2.95 bits per heavy atom. The number of rotatable bonds is 3. The van der Waals surface area contributed by atoms with E-state index >= 15 is 0 Å². The molecule has 0 bridgehead atoms. The van der Waals surface area contributed by atoms with Gasteiger partial charge in [-0.2, -0.15) is 0 Å². The van der Waals surface area contributed by atoms with Crippen molar-refractivity contribution in [2.45, 2.75) is 45.1 Å². The van der Waals surface area contributed by atoms with Crippen LogP contribution in [0.4, 0.5) is 5.82 Å². The number of nitrogens with one attached hydrogen (secondary N) is 1. The Labute approximate surface area is 113 Å². The summed E-state index contributed by atoms with van der Waals surface area (Å²) in [7, 11) is 1.34.